The summed E-state index contributed by atoms with van der Waals surface area (Å²) in [6.07, 6.45) is 2.39. The van der Waals surface area contributed by atoms with Gasteiger partial charge in [0.2, 0.25) is 41.4 Å². The van der Waals surface area contributed by atoms with E-state index in [9.17, 15) is 53.7 Å². The molecule has 1 heterocycles. The van der Waals surface area contributed by atoms with Crippen molar-refractivity contribution in [3.05, 3.63) is 18.2 Å². The molecular weight excluding hydrogens is 766 g/mol. The first-order valence-corrected chi connectivity index (χ1v) is 18.5. The van der Waals surface area contributed by atoms with Gasteiger partial charge in [0, 0.05) is 31.3 Å². The van der Waals surface area contributed by atoms with Crippen LogP contribution in [0.2, 0.25) is 0 Å². The van der Waals surface area contributed by atoms with Crippen molar-refractivity contribution >= 4 is 53.3 Å². The molecule has 1 aromatic rings. The highest BCUT2D eigenvalue weighted by Crippen LogP contribution is 2.11. The average Bonchev–Trinajstić information content (AvgIpc) is 3.66. The largest absolute Gasteiger partial charge is 0.480 e. The lowest BCUT2D eigenvalue weighted by Gasteiger charge is -2.28. The monoisotopic (exact) mass is 825 g/mol. The zero-order valence-electron chi connectivity index (χ0n) is 33.0. The Kier molecular flexibility index (Phi) is 21.9. The number of primary amides is 1. The molecule has 24 nitrogen and oxygen atoms in total. The summed E-state index contributed by atoms with van der Waals surface area (Å²) < 4.78 is 0. The molecule has 0 aliphatic heterocycles. The average molecular weight is 826 g/mol. The minimum Gasteiger partial charge on any atom is -0.480 e. The molecule has 0 saturated heterocycles. The Bertz CT molecular complexity index is 1570. The third kappa shape index (κ3) is 18.4. The molecule has 0 aromatic carbocycles. The number of nitrogens with zero attached hydrogens (tertiary/aromatic N) is 2. The number of aromatic amines is 1. The first kappa shape index (κ1) is 50.1. The molecule has 0 spiro atoms. The van der Waals surface area contributed by atoms with Crippen molar-refractivity contribution in [3.63, 3.8) is 0 Å². The van der Waals surface area contributed by atoms with Gasteiger partial charge in [-0.25, -0.2) is 9.78 Å². The molecule has 0 fully saturated rings. The Balaban J connectivity index is 3.20. The van der Waals surface area contributed by atoms with Gasteiger partial charge in [-0.2, -0.15) is 0 Å². The van der Waals surface area contributed by atoms with E-state index in [1.807, 2.05) is 0 Å². The summed E-state index contributed by atoms with van der Waals surface area (Å²) in [6, 6.07) is -9.86. The van der Waals surface area contributed by atoms with Crippen LogP contribution in [-0.2, 0) is 44.8 Å². The molecular formula is C34H59N13O11. The number of nitrogens with two attached hydrogens (primary N) is 4. The van der Waals surface area contributed by atoms with Crippen LogP contribution in [0.5, 0.6) is 0 Å². The molecule has 7 amide bonds. The fraction of sp³-hybridized carbons (Fsp3) is 0.647. The summed E-state index contributed by atoms with van der Waals surface area (Å²) in [6.45, 7) is 4.99. The molecule has 0 unspecified atom stereocenters. The highest BCUT2D eigenvalue weighted by molar-refractivity contribution is 5.97. The number of carboxylic acids is 1. The molecule has 7 atom stereocenters. The smallest absolute Gasteiger partial charge is 0.326 e. The van der Waals surface area contributed by atoms with Crippen LogP contribution in [0.15, 0.2) is 17.5 Å². The number of aromatic nitrogens is 2. The van der Waals surface area contributed by atoms with Crippen LogP contribution in [0.1, 0.15) is 65.5 Å². The molecule has 18 N–H and O–H groups in total. The van der Waals surface area contributed by atoms with Crippen molar-refractivity contribution in [3.8, 4) is 0 Å². The summed E-state index contributed by atoms with van der Waals surface area (Å²) in [4.78, 5) is 113. The molecule has 326 valence electrons. The molecule has 1 aromatic heterocycles. The fourth-order valence-corrected chi connectivity index (χ4v) is 5.25. The predicted molar refractivity (Wildman–Crippen MR) is 206 cm³/mol. The number of aliphatic hydroxyl groups excluding tert-OH is 2. The number of guanidine groups is 1. The molecule has 0 aliphatic carbocycles. The van der Waals surface area contributed by atoms with E-state index in [-0.39, 0.29) is 56.9 Å². The molecule has 58 heavy (non-hydrogen) atoms. The lowest BCUT2D eigenvalue weighted by molar-refractivity contribution is -0.143. The van der Waals surface area contributed by atoms with Crippen LogP contribution in [0, 0.1) is 11.8 Å². The predicted octanol–water partition coefficient (Wildman–Crippen LogP) is -5.72. The van der Waals surface area contributed by atoms with Crippen molar-refractivity contribution < 1.29 is 53.7 Å². The summed E-state index contributed by atoms with van der Waals surface area (Å²) >= 11 is 0. The normalized spacial score (nSPS) is 14.7. The van der Waals surface area contributed by atoms with E-state index >= 15 is 0 Å². The number of carbonyl (C=O) groups is 8. The second-order valence-electron chi connectivity index (χ2n) is 14.2. The fourth-order valence-electron chi connectivity index (χ4n) is 5.25. The van der Waals surface area contributed by atoms with E-state index in [1.165, 1.54) is 12.5 Å². The molecule has 0 radical (unpaired) electrons. The molecule has 0 saturated carbocycles. The number of amides is 7. The number of aliphatic carboxylic acids is 1. The van der Waals surface area contributed by atoms with Gasteiger partial charge in [-0.3, -0.25) is 38.6 Å². The maximum Gasteiger partial charge on any atom is 0.326 e. The van der Waals surface area contributed by atoms with Crippen LogP contribution in [-0.4, -0.2) is 141 Å². The van der Waals surface area contributed by atoms with E-state index in [0.717, 1.165) is 0 Å². The Morgan fingerprint density at radius 1 is 0.724 bits per heavy atom. The van der Waals surface area contributed by atoms with E-state index in [0.29, 0.717) is 5.69 Å². The van der Waals surface area contributed by atoms with Crippen LogP contribution in [0.25, 0.3) is 0 Å². The first-order chi connectivity index (χ1) is 27.2. The molecule has 0 bridgehead atoms. The van der Waals surface area contributed by atoms with Crippen LogP contribution >= 0.6 is 0 Å². The highest BCUT2D eigenvalue weighted by Gasteiger charge is 2.35. The van der Waals surface area contributed by atoms with E-state index < -0.39 is 109 Å². The lowest BCUT2D eigenvalue weighted by atomic mass is 9.99. The maximum absolute atomic E-state index is 13.8. The first-order valence-electron chi connectivity index (χ1n) is 18.5. The summed E-state index contributed by atoms with van der Waals surface area (Å²) in [5, 5.41) is 43.9. The minimum absolute atomic E-state index is 0.0140. The SMILES string of the molecule is CC(C)C[C@H](NC(=O)[C@H](Cc1cnc[nH]1)NC(=O)[C@H](CO)NC(=O)[C@H](CO)NC(=O)[C@@H](N)CCC(N)=O)C(=O)N[C@H](C(=O)N[C@@H](CCCN=C(N)N)C(=O)O)C(C)C. The number of hydrogen-bond donors (Lipinski definition) is 14. The second-order valence-corrected chi connectivity index (χ2v) is 14.2. The third-order valence-electron chi connectivity index (χ3n) is 8.43. The topological polar surface area (TPSA) is 415 Å². The number of rotatable bonds is 27. The number of aliphatic hydroxyl groups is 2. The lowest BCUT2D eigenvalue weighted by Crippen LogP contribution is -2.61. The molecule has 0 aliphatic rings. The van der Waals surface area contributed by atoms with Gasteiger partial charge in [-0.15, -0.1) is 0 Å². The number of imidazole rings is 1. The number of hydrogen-bond acceptors (Lipinski definition) is 13. The number of carboxylic acid groups (broad SMARTS) is 1. The van der Waals surface area contributed by atoms with E-state index in [1.54, 1.807) is 27.7 Å². The number of H-pyrrole nitrogens is 1. The van der Waals surface area contributed by atoms with Gasteiger partial charge in [0.05, 0.1) is 25.6 Å². The van der Waals surface area contributed by atoms with Gasteiger partial charge in [0.1, 0.15) is 36.3 Å². The summed E-state index contributed by atoms with van der Waals surface area (Å²) in [7, 11) is 0. The van der Waals surface area contributed by atoms with Gasteiger partial charge in [-0.1, -0.05) is 27.7 Å². The summed E-state index contributed by atoms with van der Waals surface area (Å²) in [5.74, 6) is -8.44. The number of nitrogens with one attached hydrogen (secondary N) is 7. The third-order valence-corrected chi connectivity index (χ3v) is 8.43. The van der Waals surface area contributed by atoms with Crippen molar-refractivity contribution in [2.45, 2.75) is 109 Å². The number of carbonyl (C=O) groups excluding carboxylic acids is 7. The van der Waals surface area contributed by atoms with E-state index in [2.05, 4.69) is 46.9 Å². The van der Waals surface area contributed by atoms with Crippen molar-refractivity contribution in [2.75, 3.05) is 19.8 Å². The quantitative estimate of drug-likeness (QED) is 0.0223. The van der Waals surface area contributed by atoms with Gasteiger partial charge >= 0.3 is 5.97 Å². The van der Waals surface area contributed by atoms with Gasteiger partial charge in [-0.05, 0) is 37.5 Å². The second kappa shape index (κ2) is 25.4. The summed E-state index contributed by atoms with van der Waals surface area (Å²) in [5.41, 5.74) is 21.7. The maximum atomic E-state index is 13.8. The Hall–Kier alpha value is -5.88. The Morgan fingerprint density at radius 2 is 1.24 bits per heavy atom. The van der Waals surface area contributed by atoms with Crippen molar-refractivity contribution in [1.82, 2.24) is 41.9 Å². The molecule has 24 heteroatoms. The Morgan fingerprint density at radius 3 is 1.72 bits per heavy atom. The zero-order valence-corrected chi connectivity index (χ0v) is 33.0. The molecule has 1 rings (SSSR count). The van der Waals surface area contributed by atoms with Gasteiger partial charge in [0.25, 0.3) is 0 Å². The number of aliphatic imine (C=N–C) groups is 1. The highest BCUT2D eigenvalue weighted by atomic mass is 16.4. The van der Waals surface area contributed by atoms with Crippen molar-refractivity contribution in [1.29, 1.82) is 0 Å². The zero-order chi connectivity index (χ0) is 44.1. The van der Waals surface area contributed by atoms with Crippen LogP contribution in [0.4, 0.5) is 0 Å². The Labute approximate surface area is 334 Å². The van der Waals surface area contributed by atoms with Crippen molar-refractivity contribution in [2.24, 2.45) is 39.8 Å². The standard InChI is InChI=1S/C34H59N13O11/c1-16(2)10-21(29(53)47-26(17(3)4)32(56)42-20(33(57)58)6-5-9-40-34(37)38)43-28(52)22(11-18-12-39-15-41-18)44-30(54)24(14-49)46-31(55)23(13-48)45-27(51)19(35)7-8-25(36)50/h12,15-17,19-24,26,48-49H,5-11,13-14,35H2,1-4H3,(H2,36,50)(H,39,41)(H,42,56)(H,43,52)(H,44,54)(H,45,51)(H,46,55)(H,47,53)(H,57,58)(H4,37,38,40)/t19-,20-,21-,22-,23-,24-,26-/m0/s1. The van der Waals surface area contributed by atoms with Gasteiger partial charge < -0.3 is 75.1 Å². The van der Waals surface area contributed by atoms with Crippen LogP contribution < -0.4 is 54.8 Å². The van der Waals surface area contributed by atoms with E-state index in [4.69, 9.17) is 22.9 Å². The van der Waals surface area contributed by atoms with Crippen LogP contribution in [0.3, 0.4) is 0 Å². The van der Waals surface area contributed by atoms with Gasteiger partial charge in [0.15, 0.2) is 5.96 Å². The minimum atomic E-state index is -1.71.